The summed E-state index contributed by atoms with van der Waals surface area (Å²) >= 11 is 0. The summed E-state index contributed by atoms with van der Waals surface area (Å²) in [6.07, 6.45) is 3.92. The van der Waals surface area contributed by atoms with Gasteiger partial charge in [0.05, 0.1) is 29.1 Å². The Balaban J connectivity index is 1.08. The molecule has 0 bridgehead atoms. The molecule has 0 fully saturated rings. The molecule has 2 aromatic heterocycles. The van der Waals surface area contributed by atoms with E-state index in [-0.39, 0.29) is 0 Å². The summed E-state index contributed by atoms with van der Waals surface area (Å²) in [7, 11) is -2.70. The highest BCUT2D eigenvalue weighted by Crippen LogP contribution is 2.33. The maximum atomic E-state index is 4.97. The van der Waals surface area contributed by atoms with Crippen molar-refractivity contribution >= 4 is 50.6 Å². The molecule has 0 atom stereocenters. The van der Waals surface area contributed by atoms with E-state index in [1.54, 1.807) is 0 Å². The van der Waals surface area contributed by atoms with Crippen LogP contribution in [0, 0.1) is 0 Å². The number of aromatic nitrogens is 3. The van der Waals surface area contributed by atoms with Gasteiger partial charge in [0.25, 0.3) is 0 Å². The van der Waals surface area contributed by atoms with Crippen LogP contribution in [0.15, 0.2) is 225 Å². The van der Waals surface area contributed by atoms with E-state index in [0.29, 0.717) is 5.82 Å². The molecule has 0 N–H and O–H groups in total. The van der Waals surface area contributed by atoms with Crippen molar-refractivity contribution in [2.75, 3.05) is 0 Å². The number of hydrogen-bond acceptors (Lipinski definition) is 2. The molecule has 10 rings (SSSR count). The molecule has 0 radical (unpaired) electrons. The van der Waals surface area contributed by atoms with E-state index >= 15 is 0 Å². The molecule has 2 heterocycles. The van der Waals surface area contributed by atoms with Crippen LogP contribution in [0.1, 0.15) is 0 Å². The van der Waals surface area contributed by atoms with Gasteiger partial charge in [0.2, 0.25) is 0 Å². The van der Waals surface area contributed by atoms with Gasteiger partial charge < -0.3 is 4.57 Å². The van der Waals surface area contributed by atoms with Crippen molar-refractivity contribution in [3.8, 4) is 39.3 Å². The van der Waals surface area contributed by atoms with Gasteiger partial charge in [-0.3, -0.25) is 0 Å². The van der Waals surface area contributed by atoms with E-state index < -0.39 is 8.07 Å². The molecular formula is C52H37N3Si. The molecule has 0 aliphatic rings. The highest BCUT2D eigenvalue weighted by molar-refractivity contribution is 7.20. The average molecular weight is 732 g/mol. The van der Waals surface area contributed by atoms with Gasteiger partial charge in [-0.25, -0.2) is 9.97 Å². The van der Waals surface area contributed by atoms with Gasteiger partial charge in [-0.15, -0.1) is 0 Å². The molecule has 0 saturated carbocycles. The monoisotopic (exact) mass is 731 g/mol. The molecule has 8 aromatic carbocycles. The van der Waals surface area contributed by atoms with E-state index in [1.165, 1.54) is 42.6 Å². The van der Waals surface area contributed by atoms with Gasteiger partial charge >= 0.3 is 0 Å². The summed E-state index contributed by atoms with van der Waals surface area (Å²) in [4.78, 5) is 9.94. The maximum absolute atomic E-state index is 4.97. The highest BCUT2D eigenvalue weighted by atomic mass is 28.3. The molecule has 56 heavy (non-hydrogen) atoms. The summed E-state index contributed by atoms with van der Waals surface area (Å²) in [6, 6.07) is 76.8. The molecule has 0 spiro atoms. The Morgan fingerprint density at radius 1 is 0.321 bits per heavy atom. The lowest BCUT2D eigenvalue weighted by Gasteiger charge is -2.34. The van der Waals surface area contributed by atoms with Crippen molar-refractivity contribution in [1.29, 1.82) is 0 Å². The van der Waals surface area contributed by atoms with Gasteiger partial charge in [-0.1, -0.05) is 188 Å². The fourth-order valence-electron chi connectivity index (χ4n) is 8.48. The fourth-order valence-corrected chi connectivity index (χ4v) is 13.3. The fraction of sp³-hybridized carbons (Fsp3) is 0. The first-order chi connectivity index (χ1) is 27.8. The first kappa shape index (κ1) is 33.4. The normalized spacial score (nSPS) is 11.6. The van der Waals surface area contributed by atoms with E-state index in [0.717, 1.165) is 33.4 Å². The SMILES string of the molecule is c1ccc(-c2cccc(-c3cccc(-c4ncc(-n5c6ccccc6c6cc([Si](c7ccccc7)(c7ccccc7)c7ccccc7)ccc65)cn4)c3)c2)cc1. The number of hydrogen-bond donors (Lipinski definition) is 0. The second-order valence-corrected chi connectivity index (χ2v) is 18.0. The van der Waals surface area contributed by atoms with Crippen molar-refractivity contribution in [3.05, 3.63) is 225 Å². The minimum absolute atomic E-state index is 0.697. The Kier molecular flexibility index (Phi) is 8.51. The Morgan fingerprint density at radius 3 is 1.36 bits per heavy atom. The molecule has 10 aromatic rings. The summed E-state index contributed by atoms with van der Waals surface area (Å²) in [5.74, 6) is 0.697. The quantitative estimate of drug-likeness (QED) is 0.115. The molecular weight excluding hydrogens is 695 g/mol. The zero-order valence-electron chi connectivity index (χ0n) is 30.7. The lowest BCUT2D eigenvalue weighted by atomic mass is 9.98. The predicted octanol–water partition coefficient (Wildman–Crippen LogP) is 9.95. The zero-order chi connectivity index (χ0) is 37.3. The van der Waals surface area contributed by atoms with Gasteiger partial charge in [0.1, 0.15) is 0 Å². The van der Waals surface area contributed by atoms with Gasteiger partial charge in [-0.2, -0.15) is 0 Å². The second-order valence-electron chi connectivity index (χ2n) is 14.2. The molecule has 0 unspecified atom stereocenters. The van der Waals surface area contributed by atoms with E-state index in [1.807, 2.05) is 12.4 Å². The Bertz CT molecular complexity index is 2850. The molecule has 264 valence electrons. The standard InChI is InChI=1S/C52H37N3Si/c1-5-17-38(18-6-1)39-19-15-20-40(33-39)41-21-16-22-42(34-41)52-53-36-43(37-54-52)55-50-30-14-13-29-48(50)49-35-47(31-32-51(49)55)56(44-23-7-2-8-24-44,45-25-9-3-10-26-45)46-27-11-4-12-28-46/h1-37H. The minimum atomic E-state index is -2.70. The summed E-state index contributed by atoms with van der Waals surface area (Å²) in [6.45, 7) is 0. The van der Waals surface area contributed by atoms with Crippen molar-refractivity contribution in [2.24, 2.45) is 0 Å². The number of benzene rings is 8. The Morgan fingerprint density at radius 2 is 0.768 bits per heavy atom. The minimum Gasteiger partial charge on any atom is -0.306 e. The van der Waals surface area contributed by atoms with Crippen molar-refractivity contribution < 1.29 is 0 Å². The van der Waals surface area contributed by atoms with Crippen LogP contribution in [0.5, 0.6) is 0 Å². The molecule has 0 aliphatic carbocycles. The van der Waals surface area contributed by atoms with Crippen molar-refractivity contribution in [1.82, 2.24) is 14.5 Å². The number of rotatable bonds is 8. The summed E-state index contributed by atoms with van der Waals surface area (Å²) in [5.41, 5.74) is 8.86. The molecule has 0 amide bonds. The van der Waals surface area contributed by atoms with Crippen molar-refractivity contribution in [2.45, 2.75) is 0 Å². The highest BCUT2D eigenvalue weighted by Gasteiger charge is 2.41. The third-order valence-corrected chi connectivity index (χ3v) is 15.8. The van der Waals surface area contributed by atoms with Gasteiger partial charge in [0.15, 0.2) is 13.9 Å². The van der Waals surface area contributed by atoms with Crippen LogP contribution < -0.4 is 20.7 Å². The molecule has 0 saturated heterocycles. The van der Waals surface area contributed by atoms with Crippen LogP contribution >= 0.6 is 0 Å². The third kappa shape index (κ3) is 5.75. The van der Waals surface area contributed by atoms with Crippen LogP contribution in [0.2, 0.25) is 0 Å². The van der Waals surface area contributed by atoms with Gasteiger partial charge in [0, 0.05) is 16.3 Å². The number of para-hydroxylation sites is 1. The lowest BCUT2D eigenvalue weighted by Crippen LogP contribution is -2.74. The van der Waals surface area contributed by atoms with Crippen LogP contribution in [0.4, 0.5) is 0 Å². The van der Waals surface area contributed by atoms with Crippen LogP contribution in [0.25, 0.3) is 61.1 Å². The first-order valence-electron chi connectivity index (χ1n) is 19.1. The van der Waals surface area contributed by atoms with E-state index in [4.69, 9.17) is 9.97 Å². The number of fused-ring (bicyclic) bond motifs is 3. The molecule has 3 nitrogen and oxygen atoms in total. The van der Waals surface area contributed by atoms with E-state index in [2.05, 4.69) is 217 Å². The molecule has 0 aliphatic heterocycles. The van der Waals surface area contributed by atoms with Crippen molar-refractivity contribution in [3.63, 3.8) is 0 Å². The summed E-state index contributed by atoms with van der Waals surface area (Å²) < 4.78 is 2.31. The maximum Gasteiger partial charge on any atom is 0.179 e. The first-order valence-corrected chi connectivity index (χ1v) is 21.1. The van der Waals surface area contributed by atoms with Crippen LogP contribution in [-0.4, -0.2) is 22.6 Å². The van der Waals surface area contributed by atoms with E-state index in [9.17, 15) is 0 Å². The third-order valence-electron chi connectivity index (χ3n) is 11.0. The topological polar surface area (TPSA) is 30.7 Å². The smallest absolute Gasteiger partial charge is 0.179 e. The largest absolute Gasteiger partial charge is 0.306 e. The van der Waals surface area contributed by atoms with Crippen LogP contribution in [0.3, 0.4) is 0 Å². The predicted molar refractivity (Wildman–Crippen MR) is 236 cm³/mol. The number of nitrogens with zero attached hydrogens (tertiary/aromatic N) is 3. The molecule has 4 heteroatoms. The lowest BCUT2D eigenvalue weighted by molar-refractivity contribution is 1.08. The van der Waals surface area contributed by atoms with Crippen LogP contribution in [-0.2, 0) is 0 Å². The second kappa shape index (κ2) is 14.3. The average Bonchev–Trinajstić information content (AvgIpc) is 3.62. The Hall–Kier alpha value is -7.14. The Labute approximate surface area is 327 Å². The summed E-state index contributed by atoms with van der Waals surface area (Å²) in [5, 5.41) is 7.84. The van der Waals surface area contributed by atoms with Gasteiger partial charge in [-0.05, 0) is 67.3 Å². The zero-order valence-corrected chi connectivity index (χ0v) is 31.7.